The van der Waals surface area contributed by atoms with Crippen molar-refractivity contribution in [1.82, 2.24) is 15.2 Å². The Morgan fingerprint density at radius 3 is 2.41 bits per heavy atom. The molecule has 2 heterocycles. The van der Waals surface area contributed by atoms with Crippen molar-refractivity contribution in [3.05, 3.63) is 89.0 Å². The number of benzene rings is 3. The lowest BCUT2D eigenvalue weighted by Crippen LogP contribution is -2.53. The number of para-hydroxylation sites is 2. The number of carbonyl (C=O) groups excluding carboxylic acids is 3. The molecule has 3 amide bonds. The average molecular weight is 614 g/mol. The van der Waals surface area contributed by atoms with Gasteiger partial charge >= 0.3 is 0 Å². The number of H-pyrrole nitrogens is 1. The maximum Gasteiger partial charge on any atom is 0.267 e. The number of aliphatic imine (C=N–C) groups is 1. The van der Waals surface area contributed by atoms with Gasteiger partial charge in [0.25, 0.3) is 5.91 Å². The van der Waals surface area contributed by atoms with Gasteiger partial charge in [0.1, 0.15) is 12.1 Å². The van der Waals surface area contributed by atoms with Gasteiger partial charge in [0.05, 0.1) is 24.8 Å². The molecule has 1 saturated heterocycles. The van der Waals surface area contributed by atoms with Crippen molar-refractivity contribution in [1.29, 1.82) is 0 Å². The summed E-state index contributed by atoms with van der Waals surface area (Å²) in [7, 11) is 2.82. The van der Waals surface area contributed by atoms with Crippen LogP contribution in [0.1, 0.15) is 18.1 Å². The summed E-state index contributed by atoms with van der Waals surface area (Å²) in [5.41, 5.74) is 8.53. The van der Waals surface area contributed by atoms with E-state index in [2.05, 4.69) is 15.3 Å². The van der Waals surface area contributed by atoms with Crippen LogP contribution in [0.2, 0.25) is 0 Å². The number of methoxy groups -OCH3 is 2. The number of phenols is 1. The van der Waals surface area contributed by atoms with Crippen LogP contribution in [0, 0.1) is 0 Å². The number of ether oxygens (including phenoxy) is 2. The van der Waals surface area contributed by atoms with Crippen LogP contribution in [0.5, 0.6) is 17.2 Å². The number of aromatic amines is 1. The standard InChI is InChI=1S/C32H31N5O6S/c1-18(30(40)36-24(29(33)39)16-20-17-34-23-12-8-7-11-22(20)23)37-31(41)27(44-32(37)35-21-9-5-4-6-10-21)15-19-13-25(42-2)28(38)26(14-19)43-3/h4-15,17-18,24,34,38H,16H2,1-3H3,(H2,33,39)(H,36,40)/b27-15-,35-32?/t18?,24-/m0/s1. The minimum atomic E-state index is -1.04. The van der Waals surface area contributed by atoms with E-state index in [1.165, 1.54) is 19.1 Å². The molecule has 0 radical (unpaired) electrons. The number of phenolic OH excluding ortho intramolecular Hbond substituents is 1. The van der Waals surface area contributed by atoms with E-state index >= 15 is 0 Å². The molecule has 1 aliphatic rings. The minimum Gasteiger partial charge on any atom is -0.502 e. The van der Waals surface area contributed by atoms with Crippen LogP contribution in [0.25, 0.3) is 17.0 Å². The van der Waals surface area contributed by atoms with Gasteiger partial charge in [-0.25, -0.2) is 4.99 Å². The van der Waals surface area contributed by atoms with Gasteiger partial charge < -0.3 is 30.6 Å². The van der Waals surface area contributed by atoms with Gasteiger partial charge in [-0.15, -0.1) is 0 Å². The third-order valence-electron chi connectivity index (χ3n) is 7.14. The predicted molar refractivity (Wildman–Crippen MR) is 170 cm³/mol. The summed E-state index contributed by atoms with van der Waals surface area (Å²) >= 11 is 1.09. The molecule has 2 atom stereocenters. The number of amidine groups is 1. The Morgan fingerprint density at radius 2 is 1.75 bits per heavy atom. The first kappa shape index (κ1) is 30.2. The first-order chi connectivity index (χ1) is 21.2. The van der Waals surface area contributed by atoms with Gasteiger partial charge in [0, 0.05) is 23.5 Å². The summed E-state index contributed by atoms with van der Waals surface area (Å²) in [4.78, 5) is 49.2. The molecule has 0 aliphatic carbocycles. The van der Waals surface area contributed by atoms with Crippen LogP contribution in [0.4, 0.5) is 5.69 Å². The molecule has 226 valence electrons. The van der Waals surface area contributed by atoms with Crippen molar-refractivity contribution >= 4 is 57.3 Å². The smallest absolute Gasteiger partial charge is 0.267 e. The molecule has 0 saturated carbocycles. The number of carbonyl (C=O) groups is 3. The molecule has 12 heteroatoms. The van der Waals surface area contributed by atoms with E-state index in [4.69, 9.17) is 15.2 Å². The summed E-state index contributed by atoms with van der Waals surface area (Å²) in [6, 6.07) is 17.7. The van der Waals surface area contributed by atoms with Crippen LogP contribution >= 0.6 is 11.8 Å². The molecule has 1 unspecified atom stereocenters. The lowest BCUT2D eigenvalue weighted by molar-refractivity contribution is -0.134. The predicted octanol–water partition coefficient (Wildman–Crippen LogP) is 4.10. The average Bonchev–Trinajstić information content (AvgIpc) is 3.57. The van der Waals surface area contributed by atoms with E-state index < -0.39 is 29.8 Å². The fourth-order valence-electron chi connectivity index (χ4n) is 4.82. The monoisotopic (exact) mass is 613 g/mol. The highest BCUT2D eigenvalue weighted by Gasteiger charge is 2.40. The zero-order valence-corrected chi connectivity index (χ0v) is 25.1. The van der Waals surface area contributed by atoms with Crippen LogP contribution < -0.4 is 20.5 Å². The molecule has 5 rings (SSSR count). The van der Waals surface area contributed by atoms with E-state index in [0.29, 0.717) is 11.3 Å². The van der Waals surface area contributed by atoms with E-state index in [1.54, 1.807) is 43.5 Å². The lowest BCUT2D eigenvalue weighted by Gasteiger charge is -2.25. The third-order valence-corrected chi connectivity index (χ3v) is 8.13. The van der Waals surface area contributed by atoms with E-state index in [-0.39, 0.29) is 33.7 Å². The van der Waals surface area contributed by atoms with Gasteiger partial charge in [0.2, 0.25) is 17.6 Å². The summed E-state index contributed by atoms with van der Waals surface area (Å²) in [5, 5.41) is 14.2. The molecule has 11 nitrogen and oxygen atoms in total. The molecule has 4 aromatic rings. The van der Waals surface area contributed by atoms with E-state index in [1.807, 2.05) is 42.5 Å². The SMILES string of the molecule is COc1cc(/C=C2\SC(=Nc3ccccc3)N(C(C)C(=O)N[C@@H](Cc3c[nH]c4ccccc34)C(N)=O)C2=O)cc(OC)c1O. The summed E-state index contributed by atoms with van der Waals surface area (Å²) in [5.74, 6) is -1.57. The number of aromatic hydroxyl groups is 1. The van der Waals surface area contributed by atoms with Crippen molar-refractivity contribution in [3.63, 3.8) is 0 Å². The Labute approximate surface area is 257 Å². The molecular weight excluding hydrogens is 582 g/mol. The number of rotatable bonds is 10. The highest BCUT2D eigenvalue weighted by Crippen LogP contribution is 2.40. The highest BCUT2D eigenvalue weighted by atomic mass is 32.2. The van der Waals surface area contributed by atoms with Gasteiger partial charge in [-0.1, -0.05) is 36.4 Å². The Kier molecular flexibility index (Phi) is 8.91. The van der Waals surface area contributed by atoms with Crippen molar-refractivity contribution in [2.45, 2.75) is 25.4 Å². The first-order valence-electron chi connectivity index (χ1n) is 13.7. The number of nitrogens with zero attached hydrogens (tertiary/aromatic N) is 2. The number of hydrogen-bond donors (Lipinski definition) is 4. The van der Waals surface area contributed by atoms with Crippen LogP contribution in [0.15, 0.2) is 82.8 Å². The Morgan fingerprint density at radius 1 is 1.09 bits per heavy atom. The minimum absolute atomic E-state index is 0.168. The van der Waals surface area contributed by atoms with E-state index in [9.17, 15) is 19.5 Å². The van der Waals surface area contributed by atoms with Gasteiger partial charge in [-0.2, -0.15) is 0 Å². The van der Waals surface area contributed by atoms with Crippen LogP contribution in [0.3, 0.4) is 0 Å². The highest BCUT2D eigenvalue weighted by molar-refractivity contribution is 8.18. The molecule has 0 spiro atoms. The second kappa shape index (κ2) is 13.0. The third kappa shape index (κ3) is 6.25. The molecule has 1 fully saturated rings. The maximum atomic E-state index is 13.8. The largest absolute Gasteiger partial charge is 0.502 e. The van der Waals surface area contributed by atoms with Crippen LogP contribution in [-0.4, -0.2) is 64.2 Å². The summed E-state index contributed by atoms with van der Waals surface area (Å²) < 4.78 is 10.5. The van der Waals surface area contributed by atoms with Gasteiger partial charge in [-0.05, 0) is 66.2 Å². The fraction of sp³-hybridized carbons (Fsp3) is 0.188. The summed E-state index contributed by atoms with van der Waals surface area (Å²) in [6.07, 6.45) is 3.55. The Balaban J connectivity index is 1.45. The van der Waals surface area contributed by atoms with Gasteiger partial charge in [0.15, 0.2) is 16.7 Å². The second-order valence-electron chi connectivity index (χ2n) is 9.99. The molecule has 1 aromatic heterocycles. The zero-order chi connectivity index (χ0) is 31.4. The fourth-order valence-corrected chi connectivity index (χ4v) is 5.89. The number of amides is 3. The molecule has 0 bridgehead atoms. The Hall–Kier alpha value is -5.23. The number of primary amides is 1. The quantitative estimate of drug-likeness (QED) is 0.196. The van der Waals surface area contributed by atoms with Crippen molar-refractivity contribution in [2.24, 2.45) is 10.7 Å². The van der Waals surface area contributed by atoms with Gasteiger partial charge in [-0.3, -0.25) is 19.3 Å². The topological polar surface area (TPSA) is 159 Å². The normalized spacial score (nSPS) is 16.3. The second-order valence-corrected chi connectivity index (χ2v) is 11.0. The number of thioether (sulfide) groups is 1. The lowest BCUT2D eigenvalue weighted by atomic mass is 10.0. The number of nitrogens with one attached hydrogen (secondary N) is 2. The zero-order valence-electron chi connectivity index (χ0n) is 24.2. The van der Waals surface area contributed by atoms with E-state index in [0.717, 1.165) is 28.2 Å². The first-order valence-corrected chi connectivity index (χ1v) is 14.5. The molecule has 1 aliphatic heterocycles. The molecule has 5 N–H and O–H groups in total. The number of hydrogen-bond acceptors (Lipinski definition) is 8. The molecule has 44 heavy (non-hydrogen) atoms. The number of aromatic nitrogens is 1. The summed E-state index contributed by atoms with van der Waals surface area (Å²) in [6.45, 7) is 1.56. The Bertz CT molecular complexity index is 1760. The van der Waals surface area contributed by atoms with Crippen molar-refractivity contribution in [2.75, 3.05) is 14.2 Å². The molecular formula is C32H31N5O6S. The maximum absolute atomic E-state index is 13.8. The molecule has 3 aromatic carbocycles. The number of fused-ring (bicyclic) bond motifs is 1. The van der Waals surface area contributed by atoms with Crippen molar-refractivity contribution in [3.8, 4) is 17.2 Å². The van der Waals surface area contributed by atoms with Crippen molar-refractivity contribution < 1.29 is 29.0 Å². The van der Waals surface area contributed by atoms with Crippen LogP contribution in [-0.2, 0) is 20.8 Å². The number of nitrogens with two attached hydrogens (primary N) is 1.